The Morgan fingerprint density at radius 1 is 0.467 bits per heavy atom. The van der Waals surface area contributed by atoms with Gasteiger partial charge in [-0.2, -0.15) is 0 Å². The summed E-state index contributed by atoms with van der Waals surface area (Å²) < 4.78 is 23.8. The number of rotatable bonds is 56. The second kappa shape index (κ2) is 56.2. The van der Waals surface area contributed by atoms with Gasteiger partial charge >= 0.3 is 7.82 Å². The number of aliphatic hydroxyl groups excluding tert-OH is 1. The van der Waals surface area contributed by atoms with Gasteiger partial charge < -0.3 is 19.8 Å². The van der Waals surface area contributed by atoms with Gasteiger partial charge in [0.2, 0.25) is 5.91 Å². The number of likely N-dealkylation sites (N-methyl/N-ethyl adjacent to an activating group) is 1. The second-order valence-corrected chi connectivity index (χ2v) is 23.5. The molecule has 75 heavy (non-hydrogen) atoms. The van der Waals surface area contributed by atoms with Crippen molar-refractivity contribution in [1.82, 2.24) is 5.32 Å². The Hall–Kier alpha value is -2.58. The molecule has 434 valence electrons. The number of nitrogens with zero attached hydrogens (tertiary/aromatic N) is 1. The highest BCUT2D eigenvalue weighted by Gasteiger charge is 2.27. The lowest BCUT2D eigenvalue weighted by molar-refractivity contribution is -0.870. The lowest BCUT2D eigenvalue weighted by Crippen LogP contribution is -2.45. The number of aliphatic hydroxyl groups is 1. The van der Waals surface area contributed by atoms with Gasteiger partial charge in [0.05, 0.1) is 39.9 Å². The molecule has 0 aromatic rings. The van der Waals surface area contributed by atoms with Crippen molar-refractivity contribution in [2.24, 2.45) is 0 Å². The molecular weight excluding hydrogens is 948 g/mol. The summed E-state index contributed by atoms with van der Waals surface area (Å²) in [5, 5.41) is 14.0. The monoisotopic (exact) mass is 1070 g/mol. The van der Waals surface area contributed by atoms with E-state index in [0.29, 0.717) is 17.4 Å². The molecule has 0 saturated heterocycles. The summed E-state index contributed by atoms with van der Waals surface area (Å²) in [6, 6.07) is -0.857. The summed E-state index contributed by atoms with van der Waals surface area (Å²) in [6.45, 7) is 4.71. The van der Waals surface area contributed by atoms with Gasteiger partial charge in [-0.25, -0.2) is 4.57 Å². The first-order valence-corrected chi connectivity index (χ1v) is 32.6. The highest BCUT2D eigenvalue weighted by atomic mass is 31.2. The molecule has 0 spiro atoms. The van der Waals surface area contributed by atoms with Crippen LogP contribution in [0, 0.1) is 0 Å². The Labute approximate surface area is 464 Å². The Morgan fingerprint density at radius 2 is 0.800 bits per heavy atom. The van der Waals surface area contributed by atoms with E-state index in [4.69, 9.17) is 9.05 Å². The third-order valence-electron chi connectivity index (χ3n) is 13.6. The number of carbonyl (C=O) groups excluding carboxylic acids is 1. The van der Waals surface area contributed by atoms with E-state index in [1.165, 1.54) is 154 Å². The number of phosphoric acid groups is 1. The summed E-state index contributed by atoms with van der Waals surface area (Å²) in [7, 11) is 1.56. The van der Waals surface area contributed by atoms with Gasteiger partial charge in [-0.05, 0) is 77.0 Å². The highest BCUT2D eigenvalue weighted by molar-refractivity contribution is 7.47. The average Bonchev–Trinajstić information content (AvgIpc) is 3.37. The number of carbonyl (C=O) groups is 1. The van der Waals surface area contributed by atoms with Gasteiger partial charge in [0, 0.05) is 6.42 Å². The van der Waals surface area contributed by atoms with Crippen LogP contribution in [0.5, 0.6) is 0 Å². The first-order chi connectivity index (χ1) is 36.5. The molecule has 0 saturated carbocycles. The van der Waals surface area contributed by atoms with Crippen LogP contribution in [0.25, 0.3) is 0 Å². The molecule has 0 aromatic heterocycles. The lowest BCUT2D eigenvalue weighted by Gasteiger charge is -2.25. The number of quaternary nitrogens is 1. The summed E-state index contributed by atoms with van der Waals surface area (Å²) >= 11 is 0. The zero-order chi connectivity index (χ0) is 54.9. The molecule has 0 heterocycles. The summed E-state index contributed by atoms with van der Waals surface area (Å²) in [6.07, 6.45) is 80.8. The van der Waals surface area contributed by atoms with Crippen molar-refractivity contribution in [1.29, 1.82) is 0 Å². The smallest absolute Gasteiger partial charge is 0.387 e. The van der Waals surface area contributed by atoms with E-state index in [0.717, 1.165) is 89.9 Å². The number of amides is 1. The van der Waals surface area contributed by atoms with Crippen molar-refractivity contribution in [3.8, 4) is 0 Å². The molecule has 0 bridgehead atoms. The van der Waals surface area contributed by atoms with E-state index in [-0.39, 0.29) is 19.1 Å². The number of phosphoric ester groups is 1. The minimum absolute atomic E-state index is 0.0562. The first-order valence-electron chi connectivity index (χ1n) is 31.1. The van der Waals surface area contributed by atoms with Crippen molar-refractivity contribution in [3.05, 3.63) is 97.2 Å². The van der Waals surface area contributed by atoms with Crippen molar-refractivity contribution >= 4 is 13.7 Å². The van der Waals surface area contributed by atoms with Gasteiger partial charge in [-0.1, -0.05) is 278 Å². The van der Waals surface area contributed by atoms with Crippen LogP contribution in [0.3, 0.4) is 0 Å². The predicted molar refractivity (Wildman–Crippen MR) is 327 cm³/mol. The Kier molecular flexibility index (Phi) is 54.2. The van der Waals surface area contributed by atoms with E-state index in [1.807, 2.05) is 27.2 Å². The Balaban J connectivity index is 4.21. The van der Waals surface area contributed by atoms with Crippen LogP contribution in [0.15, 0.2) is 97.2 Å². The number of nitrogens with one attached hydrogen (secondary N) is 1. The van der Waals surface area contributed by atoms with Gasteiger partial charge in [0.15, 0.2) is 0 Å². The topological polar surface area (TPSA) is 105 Å². The molecule has 0 aliphatic heterocycles. The molecule has 1 amide bonds. The maximum absolute atomic E-state index is 13.0. The van der Waals surface area contributed by atoms with Crippen LogP contribution >= 0.6 is 7.82 Å². The molecule has 3 N–H and O–H groups in total. The maximum atomic E-state index is 13.0. The van der Waals surface area contributed by atoms with Gasteiger partial charge in [-0.15, -0.1) is 0 Å². The SMILES string of the molecule is CC/C=C\C/C=C\C/C=C\C/C=C\C/C=C\C/C=C\C/C=C\CCCCCCCCCCCC(=O)NC(COP(=O)(O)OCC[N+](C)(C)C)C(O)/C=C/CCCCCCCCCCCCCCCCCCCCCC. The van der Waals surface area contributed by atoms with Gasteiger partial charge in [0.25, 0.3) is 0 Å². The number of allylic oxidation sites excluding steroid dienone is 15. The van der Waals surface area contributed by atoms with Crippen LogP contribution in [-0.4, -0.2) is 73.4 Å². The second-order valence-electron chi connectivity index (χ2n) is 22.1. The van der Waals surface area contributed by atoms with E-state index < -0.39 is 20.0 Å². The molecular formula is C66H120N2O6P+. The summed E-state index contributed by atoms with van der Waals surface area (Å²) in [5.74, 6) is -0.185. The molecule has 0 aromatic carbocycles. The zero-order valence-electron chi connectivity index (χ0n) is 49.5. The summed E-state index contributed by atoms with van der Waals surface area (Å²) in [5.41, 5.74) is 0. The maximum Gasteiger partial charge on any atom is 0.472 e. The molecule has 0 aliphatic rings. The molecule has 3 atom stereocenters. The molecule has 0 rings (SSSR count). The average molecular weight is 1070 g/mol. The summed E-state index contributed by atoms with van der Waals surface area (Å²) in [4.78, 5) is 23.4. The van der Waals surface area contributed by atoms with Gasteiger partial charge in [-0.3, -0.25) is 13.8 Å². The Bertz CT molecular complexity index is 1540. The predicted octanol–water partition coefficient (Wildman–Crippen LogP) is 19.4. The fraction of sp³-hybridized carbons (Fsp3) is 0.742. The molecule has 9 heteroatoms. The van der Waals surface area contributed by atoms with Crippen LogP contribution < -0.4 is 5.32 Å². The van der Waals surface area contributed by atoms with Crippen LogP contribution in [0.2, 0.25) is 0 Å². The van der Waals surface area contributed by atoms with Crippen molar-refractivity contribution in [2.45, 2.75) is 276 Å². The first kappa shape index (κ1) is 72.4. The van der Waals surface area contributed by atoms with Crippen LogP contribution in [-0.2, 0) is 18.4 Å². The van der Waals surface area contributed by atoms with Crippen molar-refractivity contribution < 1.29 is 32.9 Å². The molecule has 3 unspecified atom stereocenters. The van der Waals surface area contributed by atoms with Gasteiger partial charge in [0.1, 0.15) is 13.2 Å². The third kappa shape index (κ3) is 58.9. The largest absolute Gasteiger partial charge is 0.472 e. The standard InChI is InChI=1S/C66H119N2O6P/c1-6-8-10-12-14-16-18-20-22-24-26-28-30-31-32-33-34-35-36-37-38-40-42-44-46-48-50-52-54-56-58-60-66(70)67-64(63-74-75(71,72)73-62-61-68(3,4)5)65(69)59-57-55-53-51-49-47-45-43-41-39-29-27-25-23-21-19-17-15-13-11-9-7-2/h8,10,14,16,20,22,26,28,31-32,34-35,37-38,57,59,64-65,69H,6-7,9,11-13,15,17-19,21,23-25,27,29-30,33,36,39-56,58,60-63H2,1-5H3,(H-,67,70,71,72)/p+1/b10-8-,16-14-,22-20-,28-26-,32-31-,35-34-,38-37-,59-57+. The molecule has 0 fully saturated rings. The fourth-order valence-corrected chi connectivity index (χ4v) is 9.47. The van der Waals surface area contributed by atoms with Crippen molar-refractivity contribution in [2.75, 3.05) is 40.9 Å². The lowest BCUT2D eigenvalue weighted by atomic mass is 10.0. The van der Waals surface area contributed by atoms with Crippen LogP contribution in [0.1, 0.15) is 264 Å². The van der Waals surface area contributed by atoms with Crippen molar-refractivity contribution in [3.63, 3.8) is 0 Å². The normalized spacial score (nSPS) is 14.5. The van der Waals surface area contributed by atoms with E-state index in [9.17, 15) is 19.4 Å². The molecule has 0 radical (unpaired) electrons. The number of hydrogen-bond acceptors (Lipinski definition) is 5. The van der Waals surface area contributed by atoms with E-state index >= 15 is 0 Å². The minimum atomic E-state index is -4.36. The third-order valence-corrected chi connectivity index (χ3v) is 14.5. The quantitative estimate of drug-likeness (QED) is 0.0243. The molecule has 8 nitrogen and oxygen atoms in total. The van der Waals surface area contributed by atoms with Crippen LogP contribution in [0.4, 0.5) is 0 Å². The molecule has 0 aliphatic carbocycles. The highest BCUT2D eigenvalue weighted by Crippen LogP contribution is 2.43. The minimum Gasteiger partial charge on any atom is -0.387 e. The Morgan fingerprint density at radius 3 is 1.17 bits per heavy atom. The van der Waals surface area contributed by atoms with E-state index in [1.54, 1.807) is 6.08 Å². The fourth-order valence-electron chi connectivity index (χ4n) is 8.73. The zero-order valence-corrected chi connectivity index (χ0v) is 50.4. The number of hydrogen-bond donors (Lipinski definition) is 3. The number of unbranched alkanes of at least 4 members (excludes halogenated alkanes) is 29. The van der Waals surface area contributed by atoms with E-state index in [2.05, 4.69) is 104 Å².